The van der Waals surface area contributed by atoms with E-state index in [0.29, 0.717) is 16.7 Å². The molecule has 0 amide bonds. The molecule has 0 saturated carbocycles. The van der Waals surface area contributed by atoms with Gasteiger partial charge in [0, 0.05) is 0 Å². The van der Waals surface area contributed by atoms with E-state index < -0.39 is 11.9 Å². The summed E-state index contributed by atoms with van der Waals surface area (Å²) in [6.45, 7) is 1.72. The molecule has 0 unspecified atom stereocenters. The third-order valence-corrected chi connectivity index (χ3v) is 4.17. The van der Waals surface area contributed by atoms with E-state index in [1.807, 2.05) is 6.07 Å². The SMILES string of the molecule is COc1c(OC(=O)c2ccccc2)cc(C)c(OC(=O)c2ccccc2)c1OC. The highest BCUT2D eigenvalue weighted by atomic mass is 16.6. The average molecular weight is 392 g/mol. The van der Waals surface area contributed by atoms with Crippen molar-refractivity contribution in [2.45, 2.75) is 6.92 Å². The number of carbonyl (C=O) groups excluding carboxylic acids is 2. The van der Waals surface area contributed by atoms with Crippen LogP contribution >= 0.6 is 0 Å². The minimum atomic E-state index is -0.542. The minimum absolute atomic E-state index is 0.151. The number of hydrogen-bond donors (Lipinski definition) is 0. The van der Waals surface area contributed by atoms with Crippen molar-refractivity contribution in [3.8, 4) is 23.0 Å². The summed E-state index contributed by atoms with van der Waals surface area (Å²) in [4.78, 5) is 24.9. The first kappa shape index (κ1) is 19.9. The van der Waals surface area contributed by atoms with E-state index in [4.69, 9.17) is 18.9 Å². The van der Waals surface area contributed by atoms with Crippen LogP contribution in [-0.4, -0.2) is 26.2 Å². The molecule has 0 spiro atoms. The quantitative estimate of drug-likeness (QED) is 0.456. The van der Waals surface area contributed by atoms with Crippen molar-refractivity contribution >= 4 is 11.9 Å². The second-order valence-corrected chi connectivity index (χ2v) is 6.10. The van der Waals surface area contributed by atoms with Gasteiger partial charge >= 0.3 is 11.9 Å². The fourth-order valence-corrected chi connectivity index (χ4v) is 2.76. The predicted molar refractivity (Wildman–Crippen MR) is 107 cm³/mol. The third kappa shape index (κ3) is 4.38. The minimum Gasteiger partial charge on any atom is -0.490 e. The largest absolute Gasteiger partial charge is 0.490 e. The standard InChI is InChI=1S/C23H20O6/c1-15-14-18(28-22(24)16-10-6-4-7-11-16)20(26-2)21(27-3)19(15)29-23(25)17-12-8-5-9-13-17/h4-14H,1-3H3. The number of benzene rings is 3. The van der Waals surface area contributed by atoms with Crippen LogP contribution in [-0.2, 0) is 0 Å². The van der Waals surface area contributed by atoms with Crippen molar-refractivity contribution < 1.29 is 28.5 Å². The van der Waals surface area contributed by atoms with E-state index in [1.54, 1.807) is 67.6 Å². The Kier molecular flexibility index (Phi) is 6.14. The smallest absolute Gasteiger partial charge is 0.343 e. The normalized spacial score (nSPS) is 10.2. The number of aryl methyl sites for hydroxylation is 1. The summed E-state index contributed by atoms with van der Waals surface area (Å²) < 4.78 is 21.9. The van der Waals surface area contributed by atoms with Gasteiger partial charge in [-0.05, 0) is 42.8 Å². The first-order valence-electron chi connectivity index (χ1n) is 8.85. The molecule has 3 rings (SSSR count). The van der Waals surface area contributed by atoms with Gasteiger partial charge in [0.15, 0.2) is 11.5 Å². The fraction of sp³-hybridized carbons (Fsp3) is 0.130. The maximum absolute atomic E-state index is 12.5. The summed E-state index contributed by atoms with van der Waals surface area (Å²) in [7, 11) is 2.83. The van der Waals surface area contributed by atoms with Gasteiger partial charge < -0.3 is 18.9 Å². The number of carbonyl (C=O) groups is 2. The van der Waals surface area contributed by atoms with Crippen molar-refractivity contribution in [3.63, 3.8) is 0 Å². The molecule has 0 aromatic heterocycles. The summed E-state index contributed by atoms with van der Waals surface area (Å²) in [5.41, 5.74) is 1.33. The Hall–Kier alpha value is -3.80. The number of hydrogen-bond acceptors (Lipinski definition) is 6. The Morgan fingerprint density at radius 3 is 1.62 bits per heavy atom. The molecule has 148 valence electrons. The molecule has 0 aliphatic carbocycles. The molecule has 6 heteroatoms. The first-order chi connectivity index (χ1) is 14.0. The zero-order valence-corrected chi connectivity index (χ0v) is 16.3. The monoisotopic (exact) mass is 392 g/mol. The van der Waals surface area contributed by atoms with Crippen LogP contribution in [0.4, 0.5) is 0 Å². The molecule has 0 aliphatic rings. The second-order valence-electron chi connectivity index (χ2n) is 6.10. The Morgan fingerprint density at radius 1 is 0.655 bits per heavy atom. The van der Waals surface area contributed by atoms with Crippen LogP contribution in [0.1, 0.15) is 26.3 Å². The summed E-state index contributed by atoms with van der Waals surface area (Å²) >= 11 is 0. The van der Waals surface area contributed by atoms with Gasteiger partial charge in [-0.15, -0.1) is 0 Å². The van der Waals surface area contributed by atoms with Crippen LogP contribution < -0.4 is 18.9 Å². The van der Waals surface area contributed by atoms with Crippen LogP contribution in [0, 0.1) is 6.92 Å². The molecule has 0 bridgehead atoms. The molecule has 0 aliphatic heterocycles. The lowest BCUT2D eigenvalue weighted by atomic mass is 10.1. The summed E-state index contributed by atoms with van der Waals surface area (Å²) in [6, 6.07) is 18.7. The van der Waals surface area contributed by atoms with E-state index in [9.17, 15) is 9.59 Å². The van der Waals surface area contributed by atoms with Gasteiger partial charge in [-0.3, -0.25) is 0 Å². The molecule has 0 N–H and O–H groups in total. The molecule has 0 atom stereocenters. The van der Waals surface area contributed by atoms with E-state index >= 15 is 0 Å². The van der Waals surface area contributed by atoms with Gasteiger partial charge in [-0.1, -0.05) is 36.4 Å². The number of esters is 2. The molecule has 29 heavy (non-hydrogen) atoms. The van der Waals surface area contributed by atoms with Gasteiger partial charge in [0.2, 0.25) is 11.5 Å². The predicted octanol–water partition coefficient (Wildman–Crippen LogP) is 4.45. The maximum Gasteiger partial charge on any atom is 0.343 e. The second kappa shape index (κ2) is 8.93. The molecular formula is C23H20O6. The van der Waals surface area contributed by atoms with Crippen LogP contribution in [0.2, 0.25) is 0 Å². The highest BCUT2D eigenvalue weighted by Crippen LogP contribution is 2.47. The molecule has 3 aromatic carbocycles. The molecule has 3 aromatic rings. The van der Waals surface area contributed by atoms with Crippen molar-refractivity contribution in [2.24, 2.45) is 0 Å². The Bertz CT molecular complexity index is 1010. The van der Waals surface area contributed by atoms with Crippen molar-refractivity contribution in [1.82, 2.24) is 0 Å². The summed E-state index contributed by atoms with van der Waals surface area (Å²) in [5.74, 6) is -0.415. The zero-order chi connectivity index (χ0) is 20.8. The number of rotatable bonds is 6. The van der Waals surface area contributed by atoms with Crippen LogP contribution in [0.25, 0.3) is 0 Å². The van der Waals surface area contributed by atoms with Gasteiger partial charge in [0.05, 0.1) is 25.3 Å². The van der Waals surface area contributed by atoms with E-state index in [-0.39, 0.29) is 23.0 Å². The lowest BCUT2D eigenvalue weighted by Crippen LogP contribution is -2.12. The van der Waals surface area contributed by atoms with E-state index in [2.05, 4.69) is 0 Å². The van der Waals surface area contributed by atoms with Crippen LogP contribution in [0.15, 0.2) is 66.7 Å². The Labute approximate surface area is 168 Å². The molecule has 0 radical (unpaired) electrons. The first-order valence-corrected chi connectivity index (χ1v) is 8.85. The molecule has 0 saturated heterocycles. The van der Waals surface area contributed by atoms with Crippen LogP contribution in [0.3, 0.4) is 0 Å². The van der Waals surface area contributed by atoms with Gasteiger partial charge in [0.25, 0.3) is 0 Å². The van der Waals surface area contributed by atoms with E-state index in [0.717, 1.165) is 0 Å². The van der Waals surface area contributed by atoms with Crippen molar-refractivity contribution in [3.05, 3.63) is 83.4 Å². The summed E-state index contributed by atoms with van der Waals surface area (Å²) in [5, 5.41) is 0. The number of methoxy groups -OCH3 is 2. The Balaban J connectivity index is 1.95. The molecular weight excluding hydrogens is 372 g/mol. The van der Waals surface area contributed by atoms with Gasteiger partial charge in [-0.25, -0.2) is 9.59 Å². The molecule has 6 nitrogen and oxygen atoms in total. The Morgan fingerprint density at radius 2 is 1.14 bits per heavy atom. The van der Waals surface area contributed by atoms with Gasteiger partial charge in [-0.2, -0.15) is 0 Å². The summed E-state index contributed by atoms with van der Waals surface area (Å²) in [6.07, 6.45) is 0. The average Bonchev–Trinajstić information content (AvgIpc) is 2.76. The zero-order valence-electron chi connectivity index (χ0n) is 16.3. The van der Waals surface area contributed by atoms with Crippen molar-refractivity contribution in [2.75, 3.05) is 14.2 Å². The van der Waals surface area contributed by atoms with E-state index in [1.165, 1.54) is 14.2 Å². The highest BCUT2D eigenvalue weighted by Gasteiger charge is 2.24. The van der Waals surface area contributed by atoms with Crippen molar-refractivity contribution in [1.29, 1.82) is 0 Å². The van der Waals surface area contributed by atoms with Gasteiger partial charge in [0.1, 0.15) is 0 Å². The molecule has 0 fully saturated rings. The lowest BCUT2D eigenvalue weighted by Gasteiger charge is -2.18. The third-order valence-electron chi connectivity index (χ3n) is 4.17. The topological polar surface area (TPSA) is 71.1 Å². The maximum atomic E-state index is 12.5. The molecule has 0 heterocycles. The fourth-order valence-electron chi connectivity index (χ4n) is 2.76. The van der Waals surface area contributed by atoms with Crippen LogP contribution in [0.5, 0.6) is 23.0 Å². The lowest BCUT2D eigenvalue weighted by molar-refractivity contribution is 0.0709. The number of ether oxygens (including phenoxy) is 4. The highest BCUT2D eigenvalue weighted by molar-refractivity contribution is 5.93.